The molecule has 4 nitrogen and oxygen atoms in total. The van der Waals surface area contributed by atoms with Crippen molar-refractivity contribution in [3.63, 3.8) is 0 Å². The first kappa shape index (κ1) is 15.0. The largest absolute Gasteiger partial charge is 0.370 e. The quantitative estimate of drug-likeness (QED) is 0.881. The van der Waals surface area contributed by atoms with Crippen molar-refractivity contribution in [3.05, 3.63) is 54.2 Å². The van der Waals surface area contributed by atoms with Crippen LogP contribution >= 0.6 is 0 Å². The normalized spacial score (nSPS) is 10.2. The molecule has 1 N–H and O–H groups in total. The maximum Gasteiger partial charge on any atom is 0.259 e. The Morgan fingerprint density at radius 3 is 2.48 bits per heavy atom. The van der Waals surface area contributed by atoms with E-state index in [1.54, 1.807) is 11.1 Å². The van der Waals surface area contributed by atoms with Gasteiger partial charge in [-0.3, -0.25) is 4.79 Å². The smallest absolute Gasteiger partial charge is 0.259 e. The number of anilines is 2. The van der Waals surface area contributed by atoms with Crippen LogP contribution in [0.25, 0.3) is 0 Å². The van der Waals surface area contributed by atoms with E-state index in [1.165, 1.54) is 0 Å². The molecule has 0 aliphatic carbocycles. The number of hydrogen-bond acceptors (Lipinski definition) is 3. The van der Waals surface area contributed by atoms with Crippen LogP contribution in [0.3, 0.4) is 0 Å². The van der Waals surface area contributed by atoms with E-state index in [0.29, 0.717) is 12.1 Å². The minimum Gasteiger partial charge on any atom is -0.370 e. The van der Waals surface area contributed by atoms with Crippen LogP contribution in [0.15, 0.2) is 48.7 Å². The molecule has 1 amide bonds. The summed E-state index contributed by atoms with van der Waals surface area (Å²) in [6.07, 6.45) is 2.67. The van der Waals surface area contributed by atoms with Crippen molar-refractivity contribution in [2.75, 3.05) is 23.3 Å². The summed E-state index contributed by atoms with van der Waals surface area (Å²) in [5.41, 5.74) is 1.50. The standard InChI is InChI=1S/C17H21N3O/c1-3-12-18-16-11-10-14(13-19-16)17(21)20(4-2)15-8-6-5-7-9-15/h5-11,13H,3-4,12H2,1-2H3,(H,18,19). The molecule has 21 heavy (non-hydrogen) atoms. The Labute approximate surface area is 125 Å². The van der Waals surface area contributed by atoms with E-state index in [1.807, 2.05) is 49.4 Å². The fourth-order valence-corrected chi connectivity index (χ4v) is 2.09. The molecule has 2 aromatic rings. The first-order chi connectivity index (χ1) is 10.3. The molecule has 1 aromatic heterocycles. The summed E-state index contributed by atoms with van der Waals surface area (Å²) in [5.74, 6) is 0.773. The van der Waals surface area contributed by atoms with Crippen LogP contribution in [0.1, 0.15) is 30.6 Å². The number of pyridine rings is 1. The predicted octanol–water partition coefficient (Wildman–Crippen LogP) is 3.57. The number of benzene rings is 1. The Balaban J connectivity index is 2.14. The molecule has 1 aromatic carbocycles. The Morgan fingerprint density at radius 1 is 1.14 bits per heavy atom. The highest BCUT2D eigenvalue weighted by atomic mass is 16.2. The molecule has 110 valence electrons. The highest BCUT2D eigenvalue weighted by molar-refractivity contribution is 6.05. The van der Waals surface area contributed by atoms with E-state index in [9.17, 15) is 4.79 Å². The van der Waals surface area contributed by atoms with Crippen LogP contribution in [0.5, 0.6) is 0 Å². The van der Waals surface area contributed by atoms with Gasteiger partial charge in [0.25, 0.3) is 5.91 Å². The van der Waals surface area contributed by atoms with Crippen molar-refractivity contribution < 1.29 is 4.79 Å². The SMILES string of the molecule is CCCNc1ccc(C(=O)N(CC)c2ccccc2)cn1. The van der Waals surface area contributed by atoms with Gasteiger partial charge in [-0.25, -0.2) is 4.98 Å². The summed E-state index contributed by atoms with van der Waals surface area (Å²) < 4.78 is 0. The number of carbonyl (C=O) groups excluding carboxylic acids is 1. The van der Waals surface area contributed by atoms with Crippen LogP contribution < -0.4 is 10.2 Å². The van der Waals surface area contributed by atoms with E-state index in [0.717, 1.165) is 24.5 Å². The van der Waals surface area contributed by atoms with Crippen molar-refractivity contribution >= 4 is 17.4 Å². The lowest BCUT2D eigenvalue weighted by molar-refractivity contribution is 0.0988. The molecule has 0 fully saturated rings. The molecule has 0 unspecified atom stereocenters. The van der Waals surface area contributed by atoms with Crippen molar-refractivity contribution in [1.82, 2.24) is 4.98 Å². The summed E-state index contributed by atoms with van der Waals surface area (Å²) >= 11 is 0. The van der Waals surface area contributed by atoms with E-state index in [-0.39, 0.29) is 5.91 Å². The fraction of sp³-hybridized carbons (Fsp3) is 0.294. The van der Waals surface area contributed by atoms with Crippen molar-refractivity contribution in [3.8, 4) is 0 Å². The summed E-state index contributed by atoms with van der Waals surface area (Å²) in [7, 11) is 0. The molecule has 1 heterocycles. The minimum atomic E-state index is -0.0294. The average molecular weight is 283 g/mol. The van der Waals surface area contributed by atoms with Gasteiger partial charge in [0.15, 0.2) is 0 Å². The van der Waals surface area contributed by atoms with Gasteiger partial charge < -0.3 is 10.2 Å². The monoisotopic (exact) mass is 283 g/mol. The summed E-state index contributed by atoms with van der Waals surface area (Å²) in [6, 6.07) is 13.3. The Hall–Kier alpha value is -2.36. The zero-order valence-electron chi connectivity index (χ0n) is 12.5. The molecular weight excluding hydrogens is 262 g/mol. The van der Waals surface area contributed by atoms with Gasteiger partial charge in [0.05, 0.1) is 5.56 Å². The lowest BCUT2D eigenvalue weighted by Crippen LogP contribution is -2.30. The number of hydrogen-bond donors (Lipinski definition) is 1. The van der Waals surface area contributed by atoms with E-state index < -0.39 is 0 Å². The molecule has 0 spiro atoms. The second kappa shape index (κ2) is 7.43. The molecule has 0 atom stereocenters. The van der Waals surface area contributed by atoms with Gasteiger partial charge in [0, 0.05) is 25.0 Å². The molecule has 0 saturated carbocycles. The van der Waals surface area contributed by atoms with Gasteiger partial charge in [0.1, 0.15) is 5.82 Å². The molecule has 0 radical (unpaired) electrons. The number of rotatable bonds is 6. The van der Waals surface area contributed by atoms with E-state index in [4.69, 9.17) is 0 Å². The Morgan fingerprint density at radius 2 is 1.90 bits per heavy atom. The highest BCUT2D eigenvalue weighted by Crippen LogP contribution is 2.16. The first-order valence-electron chi connectivity index (χ1n) is 7.33. The molecular formula is C17H21N3O. The first-order valence-corrected chi connectivity index (χ1v) is 7.33. The average Bonchev–Trinajstić information content (AvgIpc) is 2.55. The number of amides is 1. The van der Waals surface area contributed by atoms with Crippen LogP contribution in [-0.4, -0.2) is 24.0 Å². The van der Waals surface area contributed by atoms with Gasteiger partial charge in [-0.1, -0.05) is 25.1 Å². The maximum atomic E-state index is 12.6. The molecule has 2 rings (SSSR count). The Kier molecular flexibility index (Phi) is 5.32. The molecule has 0 aliphatic rings. The zero-order valence-corrected chi connectivity index (χ0v) is 12.5. The highest BCUT2D eigenvalue weighted by Gasteiger charge is 2.16. The van der Waals surface area contributed by atoms with Crippen LogP contribution in [-0.2, 0) is 0 Å². The Bertz CT molecular complexity index is 566. The predicted molar refractivity (Wildman–Crippen MR) is 86.8 cm³/mol. The van der Waals surface area contributed by atoms with Gasteiger partial charge >= 0.3 is 0 Å². The fourth-order valence-electron chi connectivity index (χ4n) is 2.09. The number of para-hydroxylation sites is 1. The molecule has 0 bridgehead atoms. The van der Waals surface area contributed by atoms with Crippen molar-refractivity contribution in [2.24, 2.45) is 0 Å². The maximum absolute atomic E-state index is 12.6. The van der Waals surface area contributed by atoms with Crippen molar-refractivity contribution in [2.45, 2.75) is 20.3 Å². The second-order valence-electron chi connectivity index (χ2n) is 4.74. The van der Waals surface area contributed by atoms with Gasteiger partial charge in [0.2, 0.25) is 0 Å². The van der Waals surface area contributed by atoms with E-state index in [2.05, 4.69) is 17.2 Å². The van der Waals surface area contributed by atoms with Gasteiger partial charge in [-0.05, 0) is 37.6 Å². The molecule has 0 saturated heterocycles. The third kappa shape index (κ3) is 3.81. The molecule has 0 aliphatic heterocycles. The number of nitrogens with one attached hydrogen (secondary N) is 1. The third-order valence-corrected chi connectivity index (χ3v) is 3.20. The topological polar surface area (TPSA) is 45.2 Å². The van der Waals surface area contributed by atoms with Crippen LogP contribution in [0.4, 0.5) is 11.5 Å². The summed E-state index contributed by atoms with van der Waals surface area (Å²) in [4.78, 5) is 18.6. The van der Waals surface area contributed by atoms with Gasteiger partial charge in [-0.15, -0.1) is 0 Å². The minimum absolute atomic E-state index is 0.0294. The lowest BCUT2D eigenvalue weighted by Gasteiger charge is -2.21. The summed E-state index contributed by atoms with van der Waals surface area (Å²) in [6.45, 7) is 5.57. The zero-order chi connectivity index (χ0) is 15.1. The second-order valence-corrected chi connectivity index (χ2v) is 4.74. The lowest BCUT2D eigenvalue weighted by atomic mass is 10.2. The number of carbonyl (C=O) groups is 1. The number of nitrogens with zero attached hydrogens (tertiary/aromatic N) is 2. The molecule has 4 heteroatoms. The third-order valence-electron chi connectivity index (χ3n) is 3.20. The van der Waals surface area contributed by atoms with Gasteiger partial charge in [-0.2, -0.15) is 0 Å². The van der Waals surface area contributed by atoms with Crippen molar-refractivity contribution in [1.29, 1.82) is 0 Å². The van der Waals surface area contributed by atoms with E-state index >= 15 is 0 Å². The summed E-state index contributed by atoms with van der Waals surface area (Å²) in [5, 5.41) is 3.20. The number of aromatic nitrogens is 1. The van der Waals surface area contributed by atoms with Crippen LogP contribution in [0, 0.1) is 0 Å². The van der Waals surface area contributed by atoms with Crippen LogP contribution in [0.2, 0.25) is 0 Å².